The number of carbonyl (C=O) groups excluding carboxylic acids is 1. The van der Waals surface area contributed by atoms with Gasteiger partial charge >= 0.3 is 0 Å². The third-order valence-electron chi connectivity index (χ3n) is 3.94. The second-order valence-corrected chi connectivity index (χ2v) is 7.63. The van der Waals surface area contributed by atoms with E-state index in [-0.39, 0.29) is 20.5 Å². The molecule has 1 fully saturated rings. The van der Waals surface area contributed by atoms with E-state index in [0.29, 0.717) is 0 Å². The van der Waals surface area contributed by atoms with E-state index in [4.69, 9.17) is 5.14 Å². The molecule has 1 amide bonds. The zero-order chi connectivity index (χ0) is 15.8. The van der Waals surface area contributed by atoms with Gasteiger partial charge in [-0.05, 0) is 53.7 Å². The molecule has 0 radical (unpaired) electrons. The lowest BCUT2D eigenvalue weighted by Gasteiger charge is -2.42. The second-order valence-electron chi connectivity index (χ2n) is 5.25. The van der Waals surface area contributed by atoms with E-state index < -0.39 is 21.7 Å². The summed E-state index contributed by atoms with van der Waals surface area (Å²) >= 11 is 2.94. The summed E-state index contributed by atoms with van der Waals surface area (Å²) in [6, 6.07) is 1.90. The van der Waals surface area contributed by atoms with Crippen molar-refractivity contribution in [1.82, 2.24) is 5.32 Å². The summed E-state index contributed by atoms with van der Waals surface area (Å²) < 4.78 is 36.8. The Labute approximate surface area is 131 Å². The number of halogens is 2. The quantitative estimate of drug-likeness (QED) is 0.841. The molecule has 0 heterocycles. The van der Waals surface area contributed by atoms with Crippen molar-refractivity contribution in [1.29, 1.82) is 0 Å². The highest BCUT2D eigenvalue weighted by atomic mass is 79.9. The Balaban J connectivity index is 2.37. The predicted molar refractivity (Wildman–Crippen MR) is 79.8 cm³/mol. The lowest BCUT2D eigenvalue weighted by molar-refractivity contribution is 0.0816. The second kappa shape index (κ2) is 5.66. The Hall–Kier alpha value is -0.990. The number of carbonyl (C=O) groups is 1. The van der Waals surface area contributed by atoms with Gasteiger partial charge in [-0.2, -0.15) is 0 Å². The molecule has 1 saturated carbocycles. The summed E-state index contributed by atoms with van der Waals surface area (Å²) in [5.74, 6) is -1.41. The maximum absolute atomic E-state index is 13.9. The molecule has 1 aliphatic carbocycles. The van der Waals surface area contributed by atoms with Crippen LogP contribution in [0.25, 0.3) is 0 Å². The molecular weight excluding hydrogens is 363 g/mol. The van der Waals surface area contributed by atoms with Gasteiger partial charge < -0.3 is 5.32 Å². The lowest BCUT2D eigenvalue weighted by atomic mass is 9.74. The zero-order valence-corrected chi connectivity index (χ0v) is 13.9. The van der Waals surface area contributed by atoms with Crippen LogP contribution in [0.1, 0.15) is 43.0 Å². The molecule has 116 valence electrons. The first-order valence-electron chi connectivity index (χ1n) is 6.53. The molecule has 0 unspecified atom stereocenters. The molecule has 5 nitrogen and oxygen atoms in total. The molecule has 1 aromatic rings. The van der Waals surface area contributed by atoms with Crippen molar-refractivity contribution in [3.8, 4) is 0 Å². The Morgan fingerprint density at radius 2 is 2.10 bits per heavy atom. The molecular formula is C13H16BrFN2O3S. The topological polar surface area (TPSA) is 89.3 Å². The van der Waals surface area contributed by atoms with Gasteiger partial charge in [0.2, 0.25) is 10.0 Å². The fraction of sp³-hybridized carbons (Fsp3) is 0.462. The van der Waals surface area contributed by atoms with Crippen molar-refractivity contribution in [3.63, 3.8) is 0 Å². The highest BCUT2D eigenvalue weighted by Gasteiger charge is 2.37. The van der Waals surface area contributed by atoms with Gasteiger partial charge in [-0.15, -0.1) is 0 Å². The average Bonchev–Trinajstić information content (AvgIpc) is 2.31. The van der Waals surface area contributed by atoms with Gasteiger partial charge in [0.05, 0.1) is 10.5 Å². The summed E-state index contributed by atoms with van der Waals surface area (Å²) in [6.07, 6.45) is 3.45. The van der Waals surface area contributed by atoms with Crippen LogP contribution in [-0.4, -0.2) is 19.9 Å². The summed E-state index contributed by atoms with van der Waals surface area (Å²) in [5.41, 5.74) is -0.625. The highest BCUT2D eigenvalue weighted by Crippen LogP contribution is 2.35. The Kier molecular flexibility index (Phi) is 4.41. The van der Waals surface area contributed by atoms with E-state index >= 15 is 0 Å². The fourth-order valence-electron chi connectivity index (χ4n) is 2.40. The smallest absolute Gasteiger partial charge is 0.254 e. The van der Waals surface area contributed by atoms with Crippen LogP contribution in [0.4, 0.5) is 4.39 Å². The molecule has 0 saturated heterocycles. The molecule has 0 spiro atoms. The average molecular weight is 379 g/mol. The van der Waals surface area contributed by atoms with Crippen LogP contribution in [0, 0.1) is 5.82 Å². The number of rotatable bonds is 4. The third-order valence-corrected chi connectivity index (χ3v) is 5.81. The lowest BCUT2D eigenvalue weighted by Crippen LogP contribution is -2.53. The summed E-state index contributed by atoms with van der Waals surface area (Å²) in [4.78, 5) is 11.9. The first-order valence-corrected chi connectivity index (χ1v) is 8.87. The van der Waals surface area contributed by atoms with Gasteiger partial charge in [-0.1, -0.05) is 6.92 Å². The van der Waals surface area contributed by atoms with Crippen LogP contribution in [-0.2, 0) is 10.0 Å². The van der Waals surface area contributed by atoms with E-state index in [2.05, 4.69) is 21.2 Å². The Bertz CT molecular complexity index is 681. The van der Waals surface area contributed by atoms with E-state index in [9.17, 15) is 17.6 Å². The van der Waals surface area contributed by atoms with Crippen LogP contribution in [0.2, 0.25) is 0 Å². The number of benzene rings is 1. The van der Waals surface area contributed by atoms with Gasteiger partial charge in [0.1, 0.15) is 5.82 Å². The number of amides is 1. The summed E-state index contributed by atoms with van der Waals surface area (Å²) in [7, 11) is -4.04. The van der Waals surface area contributed by atoms with Crippen molar-refractivity contribution >= 4 is 31.9 Å². The monoisotopic (exact) mass is 378 g/mol. The molecule has 21 heavy (non-hydrogen) atoms. The minimum atomic E-state index is -4.04. The zero-order valence-electron chi connectivity index (χ0n) is 11.4. The summed E-state index contributed by atoms with van der Waals surface area (Å²) in [6.45, 7) is 1.95. The van der Waals surface area contributed by atoms with Gasteiger partial charge in [0, 0.05) is 10.0 Å². The first kappa shape index (κ1) is 16.4. The maximum atomic E-state index is 13.9. The van der Waals surface area contributed by atoms with Crippen molar-refractivity contribution in [3.05, 3.63) is 28.0 Å². The van der Waals surface area contributed by atoms with Crippen molar-refractivity contribution < 1.29 is 17.6 Å². The molecule has 0 bridgehead atoms. The molecule has 0 atom stereocenters. The fourth-order valence-corrected chi connectivity index (χ4v) is 4.00. The minimum absolute atomic E-state index is 0.00658. The van der Waals surface area contributed by atoms with Crippen LogP contribution >= 0.6 is 15.9 Å². The number of primary sulfonamides is 1. The van der Waals surface area contributed by atoms with Gasteiger partial charge in [0.25, 0.3) is 5.91 Å². The Morgan fingerprint density at radius 1 is 1.48 bits per heavy atom. The number of nitrogens with two attached hydrogens (primary N) is 1. The van der Waals surface area contributed by atoms with Crippen molar-refractivity contribution in [2.75, 3.05) is 0 Å². The molecule has 3 N–H and O–H groups in total. The standard InChI is InChI=1S/C13H16BrFN2O3S/c1-2-13(4-3-5-13)17-12(18)8-6-11(21(16,19)20)9(14)7-10(8)15/h6-7H,2-5H2,1H3,(H,17,18)(H2,16,19,20). The van der Waals surface area contributed by atoms with Crippen molar-refractivity contribution in [2.45, 2.75) is 43.0 Å². The van der Waals surface area contributed by atoms with Crippen LogP contribution < -0.4 is 10.5 Å². The van der Waals surface area contributed by atoms with E-state index in [1.54, 1.807) is 0 Å². The van der Waals surface area contributed by atoms with Crippen LogP contribution in [0.3, 0.4) is 0 Å². The van der Waals surface area contributed by atoms with E-state index in [1.807, 2.05) is 6.92 Å². The molecule has 0 aromatic heterocycles. The largest absolute Gasteiger partial charge is 0.347 e. The first-order chi connectivity index (χ1) is 9.68. The molecule has 2 rings (SSSR count). The van der Waals surface area contributed by atoms with Crippen LogP contribution in [0.15, 0.2) is 21.5 Å². The Morgan fingerprint density at radius 3 is 2.52 bits per heavy atom. The number of hydrogen-bond acceptors (Lipinski definition) is 3. The molecule has 8 heteroatoms. The third kappa shape index (κ3) is 3.27. The normalized spacial score (nSPS) is 17.1. The minimum Gasteiger partial charge on any atom is -0.347 e. The molecule has 1 aliphatic rings. The maximum Gasteiger partial charge on any atom is 0.254 e. The number of nitrogens with one attached hydrogen (secondary N) is 1. The number of sulfonamides is 1. The van der Waals surface area contributed by atoms with Gasteiger partial charge in [0.15, 0.2) is 0 Å². The molecule has 0 aliphatic heterocycles. The predicted octanol–water partition coefficient (Wildman–Crippen LogP) is 2.30. The summed E-state index contributed by atoms with van der Waals surface area (Å²) in [5, 5.41) is 7.86. The van der Waals surface area contributed by atoms with Gasteiger partial charge in [-0.3, -0.25) is 4.79 Å². The molecule has 1 aromatic carbocycles. The van der Waals surface area contributed by atoms with Crippen LogP contribution in [0.5, 0.6) is 0 Å². The number of hydrogen-bond donors (Lipinski definition) is 2. The SMILES string of the molecule is CCC1(NC(=O)c2cc(S(N)(=O)=O)c(Br)cc2F)CCC1. The highest BCUT2D eigenvalue weighted by molar-refractivity contribution is 9.10. The van der Waals surface area contributed by atoms with Crippen molar-refractivity contribution in [2.24, 2.45) is 5.14 Å². The van der Waals surface area contributed by atoms with E-state index in [1.165, 1.54) is 0 Å². The van der Waals surface area contributed by atoms with Gasteiger partial charge in [-0.25, -0.2) is 17.9 Å². The van der Waals surface area contributed by atoms with E-state index in [0.717, 1.165) is 37.8 Å².